The first-order valence-electron chi connectivity index (χ1n) is 10.4. The van der Waals surface area contributed by atoms with E-state index in [0.29, 0.717) is 17.6 Å². The average Bonchev–Trinajstić information content (AvgIpc) is 3.32. The van der Waals surface area contributed by atoms with Crippen LogP contribution in [0.2, 0.25) is 0 Å². The molecule has 1 saturated heterocycles. The molecule has 1 aliphatic rings. The third-order valence-electron chi connectivity index (χ3n) is 5.74. The van der Waals surface area contributed by atoms with Crippen molar-refractivity contribution in [3.05, 3.63) is 84.4 Å². The van der Waals surface area contributed by atoms with E-state index in [-0.39, 0.29) is 0 Å². The average molecular weight is 396 g/mol. The molecule has 0 unspecified atom stereocenters. The van der Waals surface area contributed by atoms with Crippen molar-refractivity contribution in [2.45, 2.75) is 25.3 Å². The molecule has 0 atom stereocenters. The Labute approximate surface area is 176 Å². The fraction of sp³-hybridized carbons (Fsp3) is 0.250. The molecular formula is C24H24N6. The number of hydrogen-bond acceptors (Lipinski definition) is 5. The zero-order valence-corrected chi connectivity index (χ0v) is 16.8. The van der Waals surface area contributed by atoms with Crippen LogP contribution < -0.4 is 0 Å². The maximum absolute atomic E-state index is 4.66. The fourth-order valence-corrected chi connectivity index (χ4v) is 4.13. The molecule has 0 bridgehead atoms. The van der Waals surface area contributed by atoms with Crippen LogP contribution in [-0.2, 0) is 6.54 Å². The van der Waals surface area contributed by atoms with E-state index in [2.05, 4.69) is 84.6 Å². The van der Waals surface area contributed by atoms with Crippen molar-refractivity contribution in [2.75, 3.05) is 13.1 Å². The molecule has 3 heterocycles. The van der Waals surface area contributed by atoms with Crippen LogP contribution in [0.4, 0.5) is 0 Å². The summed E-state index contributed by atoms with van der Waals surface area (Å²) in [6.07, 6.45) is 5.56. The Morgan fingerprint density at radius 2 is 1.57 bits per heavy atom. The lowest BCUT2D eigenvalue weighted by molar-refractivity contribution is 0.202. The van der Waals surface area contributed by atoms with E-state index in [1.54, 1.807) is 18.5 Å². The summed E-state index contributed by atoms with van der Waals surface area (Å²) in [4.78, 5) is 15.7. The minimum Gasteiger partial charge on any atom is -0.299 e. The quantitative estimate of drug-likeness (QED) is 0.544. The Morgan fingerprint density at radius 3 is 2.37 bits per heavy atom. The smallest absolute Gasteiger partial charge is 0.218 e. The van der Waals surface area contributed by atoms with E-state index in [1.165, 1.54) is 16.7 Å². The highest BCUT2D eigenvalue weighted by Gasteiger charge is 2.24. The lowest BCUT2D eigenvalue weighted by Crippen LogP contribution is -2.32. The molecule has 30 heavy (non-hydrogen) atoms. The van der Waals surface area contributed by atoms with Gasteiger partial charge in [0.2, 0.25) is 5.82 Å². The molecule has 1 fully saturated rings. The molecule has 0 saturated carbocycles. The highest BCUT2D eigenvalue weighted by atomic mass is 15.2. The minimum absolute atomic E-state index is 0.399. The molecule has 150 valence electrons. The highest BCUT2D eigenvalue weighted by molar-refractivity contribution is 5.67. The Balaban J connectivity index is 1.24. The van der Waals surface area contributed by atoms with Crippen molar-refractivity contribution >= 4 is 0 Å². The van der Waals surface area contributed by atoms with Gasteiger partial charge in [0.1, 0.15) is 5.82 Å². The molecule has 6 nitrogen and oxygen atoms in total. The molecule has 1 N–H and O–H groups in total. The Hall–Kier alpha value is -3.38. The predicted molar refractivity (Wildman–Crippen MR) is 117 cm³/mol. The second-order valence-corrected chi connectivity index (χ2v) is 7.69. The number of aromatic nitrogens is 5. The van der Waals surface area contributed by atoms with Gasteiger partial charge in [-0.25, -0.2) is 15.0 Å². The summed E-state index contributed by atoms with van der Waals surface area (Å²) in [5, 5.41) is 7.43. The van der Waals surface area contributed by atoms with E-state index >= 15 is 0 Å². The molecule has 4 aromatic rings. The number of likely N-dealkylation sites (tertiary alicyclic amines) is 1. The second-order valence-electron chi connectivity index (χ2n) is 7.69. The summed E-state index contributed by atoms with van der Waals surface area (Å²) in [6, 6.07) is 21.2. The summed E-state index contributed by atoms with van der Waals surface area (Å²) in [5.41, 5.74) is 3.98. The molecule has 6 heteroatoms. The summed E-state index contributed by atoms with van der Waals surface area (Å²) in [5.74, 6) is 2.48. The van der Waals surface area contributed by atoms with Crippen LogP contribution in [0.3, 0.4) is 0 Å². The predicted octanol–water partition coefficient (Wildman–Crippen LogP) is 4.31. The van der Waals surface area contributed by atoms with Crippen LogP contribution in [0.15, 0.2) is 73.1 Å². The Kier molecular flexibility index (Phi) is 5.31. The second kappa shape index (κ2) is 8.55. The topological polar surface area (TPSA) is 70.6 Å². The van der Waals surface area contributed by atoms with Crippen LogP contribution in [0.25, 0.3) is 22.8 Å². The summed E-state index contributed by atoms with van der Waals surface area (Å²) < 4.78 is 0. The van der Waals surface area contributed by atoms with E-state index in [0.717, 1.165) is 38.3 Å². The van der Waals surface area contributed by atoms with Gasteiger partial charge in [-0.3, -0.25) is 10.00 Å². The molecule has 0 radical (unpaired) electrons. The largest absolute Gasteiger partial charge is 0.299 e. The van der Waals surface area contributed by atoms with Gasteiger partial charge in [-0.1, -0.05) is 54.6 Å². The minimum atomic E-state index is 0.399. The monoisotopic (exact) mass is 396 g/mol. The molecule has 0 amide bonds. The molecule has 0 spiro atoms. The molecule has 0 aliphatic carbocycles. The zero-order chi connectivity index (χ0) is 20.2. The number of nitrogens with zero attached hydrogens (tertiary/aromatic N) is 5. The summed E-state index contributed by atoms with van der Waals surface area (Å²) >= 11 is 0. The highest BCUT2D eigenvalue weighted by Crippen LogP contribution is 2.29. The molecule has 1 aliphatic heterocycles. The van der Waals surface area contributed by atoms with Crippen molar-refractivity contribution < 1.29 is 0 Å². The first kappa shape index (κ1) is 18.6. The molecule has 5 rings (SSSR count). The van der Waals surface area contributed by atoms with Crippen LogP contribution in [0.5, 0.6) is 0 Å². The zero-order valence-electron chi connectivity index (χ0n) is 16.8. The van der Waals surface area contributed by atoms with Crippen LogP contribution in [0, 0.1) is 0 Å². The van der Waals surface area contributed by atoms with Gasteiger partial charge in [-0.15, -0.1) is 5.10 Å². The van der Waals surface area contributed by atoms with E-state index in [4.69, 9.17) is 0 Å². The van der Waals surface area contributed by atoms with Crippen molar-refractivity contribution in [1.82, 2.24) is 30.0 Å². The van der Waals surface area contributed by atoms with Gasteiger partial charge in [0.25, 0.3) is 0 Å². The van der Waals surface area contributed by atoms with Gasteiger partial charge in [-0.2, -0.15) is 0 Å². The van der Waals surface area contributed by atoms with Crippen LogP contribution in [-0.4, -0.2) is 43.1 Å². The van der Waals surface area contributed by atoms with Crippen LogP contribution in [0.1, 0.15) is 30.1 Å². The third-order valence-corrected chi connectivity index (χ3v) is 5.74. The van der Waals surface area contributed by atoms with E-state index in [9.17, 15) is 0 Å². The van der Waals surface area contributed by atoms with E-state index in [1.807, 2.05) is 0 Å². The number of benzene rings is 2. The van der Waals surface area contributed by atoms with E-state index < -0.39 is 0 Å². The summed E-state index contributed by atoms with van der Waals surface area (Å²) in [7, 11) is 0. The van der Waals surface area contributed by atoms with Gasteiger partial charge < -0.3 is 0 Å². The number of aromatic amines is 1. The standard InChI is InChI=1S/C24H24N6/c1-2-7-18(8-3-1)21-10-5-4-9-20(21)17-30-15-11-19(12-16-30)22-27-24(29-28-22)23-25-13-6-14-26-23/h1-10,13-14,19H,11-12,15-17H2,(H,27,28,29). The number of nitrogens with one attached hydrogen (secondary N) is 1. The van der Waals surface area contributed by atoms with Gasteiger partial charge in [-0.05, 0) is 48.7 Å². The van der Waals surface area contributed by atoms with Crippen molar-refractivity contribution in [3.63, 3.8) is 0 Å². The molecule has 2 aromatic carbocycles. The SMILES string of the molecule is c1ccc(-c2ccccc2CN2CCC(c3nc(-c4ncccn4)n[nH]3)CC2)cc1. The third kappa shape index (κ3) is 4.00. The van der Waals surface area contributed by atoms with Gasteiger partial charge in [0.05, 0.1) is 0 Å². The normalized spacial score (nSPS) is 15.3. The first-order valence-corrected chi connectivity index (χ1v) is 10.4. The maximum Gasteiger partial charge on any atom is 0.218 e. The lowest BCUT2D eigenvalue weighted by atomic mass is 9.94. The van der Waals surface area contributed by atoms with Gasteiger partial charge in [0, 0.05) is 24.9 Å². The van der Waals surface area contributed by atoms with Crippen molar-refractivity contribution in [2.24, 2.45) is 0 Å². The number of rotatable bonds is 5. The van der Waals surface area contributed by atoms with Crippen LogP contribution >= 0.6 is 0 Å². The Morgan fingerprint density at radius 1 is 0.833 bits per heavy atom. The van der Waals surface area contributed by atoms with Gasteiger partial charge in [0.15, 0.2) is 5.82 Å². The maximum atomic E-state index is 4.66. The summed E-state index contributed by atoms with van der Waals surface area (Å²) in [6.45, 7) is 3.06. The number of hydrogen-bond donors (Lipinski definition) is 1. The van der Waals surface area contributed by atoms with Crippen molar-refractivity contribution in [1.29, 1.82) is 0 Å². The first-order chi connectivity index (χ1) is 14.9. The fourth-order valence-electron chi connectivity index (χ4n) is 4.13. The Bertz CT molecular complexity index is 1080. The lowest BCUT2D eigenvalue weighted by Gasteiger charge is -2.31. The number of piperidine rings is 1. The van der Waals surface area contributed by atoms with Gasteiger partial charge >= 0.3 is 0 Å². The molecule has 2 aromatic heterocycles. The molecular weight excluding hydrogens is 372 g/mol. The van der Waals surface area contributed by atoms with Crippen molar-refractivity contribution in [3.8, 4) is 22.8 Å². The number of H-pyrrole nitrogens is 1.